The highest BCUT2D eigenvalue weighted by molar-refractivity contribution is 7.15. The molecule has 2 aromatic rings. The number of hydrogen-bond acceptors (Lipinski definition) is 4. The average Bonchev–Trinajstić information content (AvgIpc) is 2.89. The fourth-order valence-corrected chi connectivity index (χ4v) is 3.69. The van der Waals surface area contributed by atoms with E-state index in [1.54, 1.807) is 18.4 Å². The first kappa shape index (κ1) is 11.8. The van der Waals surface area contributed by atoms with E-state index in [2.05, 4.69) is 11.1 Å². The molecule has 3 nitrogen and oxygen atoms in total. The van der Waals surface area contributed by atoms with Crippen LogP contribution in [0.4, 0.5) is 5.13 Å². The number of ether oxygens (including phenoxy) is 1. The lowest BCUT2D eigenvalue weighted by atomic mass is 9.98. The van der Waals surface area contributed by atoms with Crippen molar-refractivity contribution in [3.63, 3.8) is 0 Å². The van der Waals surface area contributed by atoms with Crippen LogP contribution in [0.15, 0.2) is 18.2 Å². The second-order valence-electron chi connectivity index (χ2n) is 4.35. The molecule has 1 atom stereocenters. The molecule has 1 aliphatic carbocycles. The van der Waals surface area contributed by atoms with Gasteiger partial charge in [0.1, 0.15) is 5.75 Å². The third-order valence-electron chi connectivity index (χ3n) is 3.31. The molecule has 0 saturated carbocycles. The predicted molar refractivity (Wildman–Crippen MR) is 74.7 cm³/mol. The van der Waals surface area contributed by atoms with Crippen molar-refractivity contribution in [1.82, 2.24) is 4.98 Å². The minimum absolute atomic E-state index is 0.376. The SMILES string of the molecule is COc1cc(C2CCc3nc(N)sc32)ccc1Cl. The van der Waals surface area contributed by atoms with Crippen molar-refractivity contribution in [3.8, 4) is 5.75 Å². The lowest BCUT2D eigenvalue weighted by molar-refractivity contribution is 0.414. The predicted octanol–water partition coefficient (Wildman–Crippen LogP) is 3.47. The number of rotatable bonds is 2. The van der Waals surface area contributed by atoms with Crippen LogP contribution in [-0.2, 0) is 6.42 Å². The molecule has 18 heavy (non-hydrogen) atoms. The van der Waals surface area contributed by atoms with Crippen LogP contribution in [0.3, 0.4) is 0 Å². The number of halogens is 1. The maximum absolute atomic E-state index is 6.05. The molecule has 1 aromatic carbocycles. The molecule has 1 aliphatic rings. The smallest absolute Gasteiger partial charge is 0.180 e. The Balaban J connectivity index is 2.01. The van der Waals surface area contributed by atoms with Crippen LogP contribution in [-0.4, -0.2) is 12.1 Å². The first-order chi connectivity index (χ1) is 8.69. The Morgan fingerprint density at radius 1 is 1.50 bits per heavy atom. The molecule has 1 aromatic heterocycles. The van der Waals surface area contributed by atoms with E-state index in [0.717, 1.165) is 24.3 Å². The number of nitrogens with zero attached hydrogens (tertiary/aromatic N) is 1. The van der Waals surface area contributed by atoms with Gasteiger partial charge in [-0.05, 0) is 30.5 Å². The summed E-state index contributed by atoms with van der Waals surface area (Å²) in [7, 11) is 1.63. The minimum Gasteiger partial charge on any atom is -0.495 e. The first-order valence-corrected chi connectivity index (χ1v) is 6.97. The van der Waals surface area contributed by atoms with Crippen LogP contribution in [0.25, 0.3) is 0 Å². The van der Waals surface area contributed by atoms with Gasteiger partial charge in [0.2, 0.25) is 0 Å². The first-order valence-electron chi connectivity index (χ1n) is 5.77. The van der Waals surface area contributed by atoms with E-state index in [9.17, 15) is 0 Å². The Bertz CT molecular complexity index is 597. The van der Waals surface area contributed by atoms with Crippen LogP contribution in [0, 0.1) is 0 Å². The maximum Gasteiger partial charge on any atom is 0.180 e. The number of thiazole rings is 1. The van der Waals surface area contributed by atoms with Gasteiger partial charge >= 0.3 is 0 Å². The largest absolute Gasteiger partial charge is 0.495 e. The van der Waals surface area contributed by atoms with Crippen molar-refractivity contribution < 1.29 is 4.74 Å². The topological polar surface area (TPSA) is 48.1 Å². The Morgan fingerprint density at radius 3 is 3.11 bits per heavy atom. The quantitative estimate of drug-likeness (QED) is 0.916. The number of nitrogen functional groups attached to an aromatic ring is 1. The Hall–Kier alpha value is -1.26. The van der Waals surface area contributed by atoms with Crippen molar-refractivity contribution in [2.24, 2.45) is 0 Å². The molecule has 3 rings (SSSR count). The highest BCUT2D eigenvalue weighted by Gasteiger charge is 2.28. The van der Waals surface area contributed by atoms with Gasteiger partial charge in [0.25, 0.3) is 0 Å². The zero-order valence-electron chi connectivity index (χ0n) is 9.94. The van der Waals surface area contributed by atoms with Crippen LogP contribution in [0.2, 0.25) is 5.02 Å². The summed E-state index contributed by atoms with van der Waals surface area (Å²) in [4.78, 5) is 5.65. The molecule has 1 heterocycles. The van der Waals surface area contributed by atoms with Gasteiger partial charge in [0.05, 0.1) is 17.8 Å². The summed E-state index contributed by atoms with van der Waals surface area (Å²) in [5.74, 6) is 1.10. The van der Waals surface area contributed by atoms with Crippen LogP contribution in [0.5, 0.6) is 5.75 Å². The third-order valence-corrected chi connectivity index (χ3v) is 4.66. The summed E-state index contributed by atoms with van der Waals surface area (Å²) < 4.78 is 5.27. The van der Waals surface area contributed by atoms with E-state index in [0.29, 0.717) is 16.1 Å². The molecule has 5 heteroatoms. The molecule has 0 spiro atoms. The van der Waals surface area contributed by atoms with E-state index in [4.69, 9.17) is 22.1 Å². The summed E-state index contributed by atoms with van der Waals surface area (Å²) in [5.41, 5.74) is 8.14. The molecule has 2 N–H and O–H groups in total. The van der Waals surface area contributed by atoms with E-state index >= 15 is 0 Å². The summed E-state index contributed by atoms with van der Waals surface area (Å²) in [6.07, 6.45) is 2.08. The van der Waals surface area contributed by atoms with Gasteiger partial charge in [-0.3, -0.25) is 0 Å². The average molecular weight is 281 g/mol. The fourth-order valence-electron chi connectivity index (χ4n) is 2.46. The van der Waals surface area contributed by atoms with E-state index in [-0.39, 0.29) is 0 Å². The number of hydrogen-bond donors (Lipinski definition) is 1. The molecular weight excluding hydrogens is 268 g/mol. The van der Waals surface area contributed by atoms with E-state index < -0.39 is 0 Å². The van der Waals surface area contributed by atoms with Crippen molar-refractivity contribution in [2.45, 2.75) is 18.8 Å². The summed E-state index contributed by atoms with van der Waals surface area (Å²) in [5, 5.41) is 1.30. The van der Waals surface area contributed by atoms with Gasteiger partial charge in [0.15, 0.2) is 5.13 Å². The van der Waals surface area contributed by atoms with Gasteiger partial charge in [-0.15, -0.1) is 11.3 Å². The highest BCUT2D eigenvalue weighted by atomic mass is 35.5. The molecule has 1 unspecified atom stereocenters. The molecule has 0 bridgehead atoms. The van der Waals surface area contributed by atoms with Crippen molar-refractivity contribution in [1.29, 1.82) is 0 Å². The Labute approximate surface area is 115 Å². The molecule has 0 fully saturated rings. The normalized spacial score (nSPS) is 17.8. The summed E-state index contributed by atoms with van der Waals surface area (Å²) >= 11 is 7.64. The van der Waals surface area contributed by atoms with Crippen LogP contribution >= 0.6 is 22.9 Å². The second kappa shape index (κ2) is 4.44. The molecular formula is C13H13ClN2OS. The highest BCUT2D eigenvalue weighted by Crippen LogP contribution is 2.43. The lowest BCUT2D eigenvalue weighted by Gasteiger charge is -2.12. The lowest BCUT2D eigenvalue weighted by Crippen LogP contribution is -1.95. The number of fused-ring (bicyclic) bond motifs is 1. The van der Waals surface area contributed by atoms with Gasteiger partial charge in [-0.25, -0.2) is 4.98 Å². The number of anilines is 1. The molecule has 0 radical (unpaired) electrons. The Kier molecular flexibility index (Phi) is 2.92. The van der Waals surface area contributed by atoms with Crippen molar-refractivity contribution in [2.75, 3.05) is 12.8 Å². The van der Waals surface area contributed by atoms with E-state index in [1.165, 1.54) is 10.4 Å². The van der Waals surface area contributed by atoms with E-state index in [1.807, 2.05) is 12.1 Å². The van der Waals surface area contributed by atoms with Crippen molar-refractivity contribution in [3.05, 3.63) is 39.4 Å². The number of nitrogens with two attached hydrogens (primary N) is 1. The van der Waals surface area contributed by atoms with Gasteiger partial charge in [-0.2, -0.15) is 0 Å². The molecule has 0 saturated heterocycles. The molecule has 0 amide bonds. The maximum atomic E-state index is 6.05. The number of aromatic nitrogens is 1. The number of aryl methyl sites for hydroxylation is 1. The van der Waals surface area contributed by atoms with Crippen molar-refractivity contribution >= 4 is 28.1 Å². The second-order valence-corrected chi connectivity index (χ2v) is 5.82. The fraction of sp³-hybridized carbons (Fsp3) is 0.308. The number of benzene rings is 1. The van der Waals surface area contributed by atoms with Gasteiger partial charge in [-0.1, -0.05) is 17.7 Å². The van der Waals surface area contributed by atoms with Crippen LogP contribution in [0.1, 0.15) is 28.5 Å². The number of methoxy groups -OCH3 is 1. The Morgan fingerprint density at radius 2 is 2.33 bits per heavy atom. The molecule has 94 valence electrons. The minimum atomic E-state index is 0.376. The van der Waals surface area contributed by atoms with Crippen LogP contribution < -0.4 is 10.5 Å². The summed E-state index contributed by atoms with van der Waals surface area (Å²) in [6.45, 7) is 0. The third kappa shape index (κ3) is 1.85. The van der Waals surface area contributed by atoms with Gasteiger partial charge < -0.3 is 10.5 Å². The molecule has 0 aliphatic heterocycles. The monoisotopic (exact) mass is 280 g/mol. The zero-order chi connectivity index (χ0) is 12.7. The standard InChI is InChI=1S/C13H13ClN2OS/c1-17-11-6-7(2-4-9(11)14)8-3-5-10-12(8)18-13(15)16-10/h2,4,6,8H,3,5H2,1H3,(H2,15,16). The van der Waals surface area contributed by atoms with Gasteiger partial charge in [0, 0.05) is 10.8 Å². The summed E-state index contributed by atoms with van der Waals surface area (Å²) in [6, 6.07) is 5.96. The zero-order valence-corrected chi connectivity index (χ0v) is 11.5.